The third-order valence-electron chi connectivity index (χ3n) is 5.58. The Morgan fingerprint density at radius 2 is 1.85 bits per heavy atom. The van der Waals surface area contributed by atoms with E-state index in [1.165, 1.54) is 49.2 Å². The number of sulfonamides is 1. The summed E-state index contributed by atoms with van der Waals surface area (Å²) in [5, 5.41) is 3.05. The van der Waals surface area contributed by atoms with Gasteiger partial charge >= 0.3 is 0 Å². The zero-order chi connectivity index (χ0) is 19.0. The summed E-state index contributed by atoms with van der Waals surface area (Å²) in [7, 11) is -4.00. The molecule has 3 atom stereocenters. The van der Waals surface area contributed by atoms with Crippen molar-refractivity contribution in [3.8, 4) is 0 Å². The Kier molecular flexibility index (Phi) is 4.63. The van der Waals surface area contributed by atoms with E-state index in [4.69, 9.17) is 0 Å². The van der Waals surface area contributed by atoms with Gasteiger partial charge in [0.05, 0.1) is 10.6 Å². The maximum absolute atomic E-state index is 13.8. The van der Waals surface area contributed by atoms with Gasteiger partial charge in [-0.15, -0.1) is 0 Å². The highest BCUT2D eigenvalue weighted by Gasteiger charge is 2.40. The summed E-state index contributed by atoms with van der Waals surface area (Å²) in [5.41, 5.74) is 0.156. The Labute approximate surface area is 158 Å². The van der Waals surface area contributed by atoms with Gasteiger partial charge in [-0.05, 0) is 61.4 Å². The summed E-state index contributed by atoms with van der Waals surface area (Å²) >= 11 is 0. The van der Waals surface area contributed by atoms with Gasteiger partial charge in [-0.25, -0.2) is 12.8 Å². The van der Waals surface area contributed by atoms with Gasteiger partial charge < -0.3 is 5.32 Å². The Morgan fingerprint density at radius 1 is 1.04 bits per heavy atom. The number of nitrogens with one attached hydrogen (secondary N) is 2. The van der Waals surface area contributed by atoms with Crippen LogP contribution in [-0.2, 0) is 10.0 Å². The second kappa shape index (κ2) is 6.96. The first-order valence-electron chi connectivity index (χ1n) is 9.10. The fourth-order valence-electron chi connectivity index (χ4n) is 4.23. The van der Waals surface area contributed by atoms with E-state index >= 15 is 0 Å². The van der Waals surface area contributed by atoms with Crippen molar-refractivity contribution < 1.29 is 17.6 Å². The van der Waals surface area contributed by atoms with E-state index in [-0.39, 0.29) is 28.1 Å². The lowest BCUT2D eigenvalue weighted by Crippen LogP contribution is -2.38. The monoisotopic (exact) mass is 388 g/mol. The largest absolute Gasteiger partial charge is 0.349 e. The van der Waals surface area contributed by atoms with Crippen LogP contribution in [0.4, 0.5) is 10.1 Å². The van der Waals surface area contributed by atoms with Crippen LogP contribution in [0.15, 0.2) is 53.4 Å². The number of rotatable bonds is 5. The van der Waals surface area contributed by atoms with Crippen LogP contribution < -0.4 is 10.0 Å². The lowest BCUT2D eigenvalue weighted by molar-refractivity contribution is 0.0922. The Balaban J connectivity index is 1.51. The number of para-hydroxylation sites is 1. The van der Waals surface area contributed by atoms with E-state index in [9.17, 15) is 17.6 Å². The molecule has 7 heteroatoms. The van der Waals surface area contributed by atoms with Gasteiger partial charge in [-0.2, -0.15) is 0 Å². The molecule has 27 heavy (non-hydrogen) atoms. The average Bonchev–Trinajstić information content (AvgIpc) is 3.27. The fraction of sp³-hybridized carbons (Fsp3) is 0.350. The summed E-state index contributed by atoms with van der Waals surface area (Å²) in [5.74, 6) is 0.312. The van der Waals surface area contributed by atoms with Crippen LogP contribution in [0, 0.1) is 17.7 Å². The van der Waals surface area contributed by atoms with Gasteiger partial charge in [0, 0.05) is 11.6 Å². The Morgan fingerprint density at radius 3 is 2.56 bits per heavy atom. The summed E-state index contributed by atoms with van der Waals surface area (Å²) < 4.78 is 41.1. The minimum absolute atomic E-state index is 0.0775. The van der Waals surface area contributed by atoms with Crippen LogP contribution in [0.5, 0.6) is 0 Å². The molecule has 2 saturated carbocycles. The second-order valence-electron chi connectivity index (χ2n) is 7.37. The molecule has 2 bridgehead atoms. The van der Waals surface area contributed by atoms with E-state index in [0.29, 0.717) is 11.8 Å². The molecule has 1 amide bonds. The van der Waals surface area contributed by atoms with E-state index in [1.807, 2.05) is 0 Å². The van der Waals surface area contributed by atoms with Crippen molar-refractivity contribution in [1.29, 1.82) is 0 Å². The Hall–Kier alpha value is -2.41. The average molecular weight is 388 g/mol. The molecule has 4 rings (SSSR count). The summed E-state index contributed by atoms with van der Waals surface area (Å²) in [6.07, 6.45) is 4.57. The van der Waals surface area contributed by atoms with Gasteiger partial charge in [0.25, 0.3) is 15.9 Å². The van der Waals surface area contributed by atoms with Crippen molar-refractivity contribution in [1.82, 2.24) is 5.32 Å². The zero-order valence-corrected chi connectivity index (χ0v) is 15.5. The quantitative estimate of drug-likeness (QED) is 0.823. The van der Waals surface area contributed by atoms with Crippen LogP contribution in [0.2, 0.25) is 0 Å². The molecule has 2 aromatic rings. The van der Waals surface area contributed by atoms with Gasteiger partial charge in [0.1, 0.15) is 5.82 Å². The van der Waals surface area contributed by atoms with Crippen LogP contribution in [-0.4, -0.2) is 20.4 Å². The van der Waals surface area contributed by atoms with Crippen LogP contribution >= 0.6 is 0 Å². The number of carbonyl (C=O) groups is 1. The highest BCUT2D eigenvalue weighted by Crippen LogP contribution is 2.44. The highest BCUT2D eigenvalue weighted by molar-refractivity contribution is 7.92. The first-order valence-corrected chi connectivity index (χ1v) is 10.6. The number of carbonyl (C=O) groups excluding carboxylic acids is 1. The van der Waals surface area contributed by atoms with Crippen molar-refractivity contribution in [2.24, 2.45) is 11.8 Å². The van der Waals surface area contributed by atoms with Crippen molar-refractivity contribution in [3.63, 3.8) is 0 Å². The third kappa shape index (κ3) is 3.69. The first-order chi connectivity index (χ1) is 12.9. The third-order valence-corrected chi connectivity index (χ3v) is 6.94. The summed E-state index contributed by atoms with van der Waals surface area (Å²) in [6, 6.07) is 11.5. The molecule has 0 aliphatic heterocycles. The number of amides is 1. The van der Waals surface area contributed by atoms with Gasteiger partial charge in [0.2, 0.25) is 0 Å². The van der Waals surface area contributed by atoms with Gasteiger partial charge in [-0.3, -0.25) is 9.52 Å². The number of hydrogen-bond donors (Lipinski definition) is 2. The molecule has 0 radical (unpaired) electrons. The molecule has 0 aromatic heterocycles. The van der Waals surface area contributed by atoms with E-state index in [0.717, 1.165) is 12.8 Å². The molecule has 0 unspecified atom stereocenters. The minimum Gasteiger partial charge on any atom is -0.349 e. The lowest BCUT2D eigenvalue weighted by Gasteiger charge is -2.23. The van der Waals surface area contributed by atoms with E-state index in [2.05, 4.69) is 10.0 Å². The molecule has 2 N–H and O–H groups in total. The number of anilines is 1. The molecule has 0 heterocycles. The smallest absolute Gasteiger partial charge is 0.262 e. The molecule has 142 valence electrons. The number of hydrogen-bond acceptors (Lipinski definition) is 3. The van der Waals surface area contributed by atoms with E-state index in [1.54, 1.807) is 12.1 Å². The predicted molar refractivity (Wildman–Crippen MR) is 100 cm³/mol. The van der Waals surface area contributed by atoms with Crippen LogP contribution in [0.1, 0.15) is 36.0 Å². The van der Waals surface area contributed by atoms with Gasteiger partial charge in [0.15, 0.2) is 0 Å². The lowest BCUT2D eigenvalue weighted by atomic mass is 9.95. The number of fused-ring (bicyclic) bond motifs is 2. The van der Waals surface area contributed by atoms with Crippen LogP contribution in [0.25, 0.3) is 0 Å². The van der Waals surface area contributed by atoms with Crippen molar-refractivity contribution >= 4 is 21.6 Å². The van der Waals surface area contributed by atoms with Gasteiger partial charge in [-0.1, -0.05) is 24.6 Å². The standard InChI is InChI=1S/C20H21FN2O3S/c21-17-6-1-2-7-18(17)23-27(25,26)16-5-3-4-15(12-16)20(24)22-19-11-13-8-9-14(19)10-13/h1-7,12-14,19,23H,8-11H2,(H,22,24)/t13-,14-,19-/m0/s1. The summed E-state index contributed by atoms with van der Waals surface area (Å²) in [6.45, 7) is 0. The van der Waals surface area contributed by atoms with Crippen LogP contribution in [0.3, 0.4) is 0 Å². The number of halogens is 1. The second-order valence-corrected chi connectivity index (χ2v) is 9.05. The maximum atomic E-state index is 13.8. The first kappa shape index (κ1) is 18.0. The fourth-order valence-corrected chi connectivity index (χ4v) is 5.34. The minimum atomic E-state index is -4.00. The molecular formula is C20H21FN2O3S. The molecule has 2 aliphatic carbocycles. The molecule has 2 fully saturated rings. The van der Waals surface area contributed by atoms with Crippen molar-refractivity contribution in [3.05, 3.63) is 59.9 Å². The predicted octanol–water partition coefficient (Wildman–Crippen LogP) is 3.54. The Bertz CT molecular complexity index is 977. The SMILES string of the molecule is O=C(N[C@H]1C[C@H]2CC[C@H]1C2)c1cccc(S(=O)(=O)Nc2ccccc2F)c1. The molecule has 0 spiro atoms. The topological polar surface area (TPSA) is 75.3 Å². The van der Waals surface area contributed by atoms with E-state index < -0.39 is 15.8 Å². The summed E-state index contributed by atoms with van der Waals surface area (Å²) in [4.78, 5) is 12.5. The van der Waals surface area contributed by atoms with Crippen molar-refractivity contribution in [2.75, 3.05) is 4.72 Å². The molecule has 2 aliphatic rings. The normalized spacial score (nSPS) is 24.0. The molecule has 5 nitrogen and oxygen atoms in total. The molecule has 0 saturated heterocycles. The number of benzene rings is 2. The molecule has 2 aromatic carbocycles. The molecular weight excluding hydrogens is 367 g/mol. The highest BCUT2D eigenvalue weighted by atomic mass is 32.2. The van der Waals surface area contributed by atoms with Crippen molar-refractivity contribution in [2.45, 2.75) is 36.6 Å². The zero-order valence-electron chi connectivity index (χ0n) is 14.7. The maximum Gasteiger partial charge on any atom is 0.262 e.